The number of nitrogens with one attached hydrogen (secondary N) is 1. The number of anilines is 1. The summed E-state index contributed by atoms with van der Waals surface area (Å²) in [5, 5.41) is 21.1. The lowest BCUT2D eigenvalue weighted by molar-refractivity contribution is -0.0459. The Kier molecular flexibility index (Phi) is 4.73. The number of hydrazine groups is 1. The predicted molar refractivity (Wildman–Crippen MR) is 94.3 cm³/mol. The number of aliphatic hydroxyl groups excluding tert-OH is 2. The third-order valence-corrected chi connectivity index (χ3v) is 4.85. The molecule has 138 valence electrons. The molecule has 2 aliphatic rings. The topological polar surface area (TPSA) is 99.9 Å². The summed E-state index contributed by atoms with van der Waals surface area (Å²) in [7, 11) is 0. The zero-order valence-electron chi connectivity index (χ0n) is 14.3. The van der Waals surface area contributed by atoms with E-state index in [-0.39, 0.29) is 13.0 Å². The van der Waals surface area contributed by atoms with Crippen molar-refractivity contribution in [2.45, 2.75) is 37.8 Å². The molecule has 3 heterocycles. The molecule has 1 fully saturated rings. The first kappa shape index (κ1) is 17.2. The summed E-state index contributed by atoms with van der Waals surface area (Å²) in [6.07, 6.45) is 0.708. The number of aliphatic hydroxyl groups is 2. The van der Waals surface area contributed by atoms with E-state index in [0.29, 0.717) is 5.82 Å². The van der Waals surface area contributed by atoms with Crippen LogP contribution in [0.4, 0.5) is 5.82 Å². The van der Waals surface area contributed by atoms with Gasteiger partial charge in [0.1, 0.15) is 12.3 Å². The first-order chi connectivity index (χ1) is 12.6. The van der Waals surface area contributed by atoms with Gasteiger partial charge in [-0.25, -0.2) is 9.80 Å². The van der Waals surface area contributed by atoms with Crippen molar-refractivity contribution in [1.29, 1.82) is 0 Å². The molecule has 2 aromatic rings. The van der Waals surface area contributed by atoms with E-state index < -0.39 is 24.1 Å². The second-order valence-electron chi connectivity index (χ2n) is 6.69. The Morgan fingerprint density at radius 3 is 2.85 bits per heavy atom. The number of aromatic nitrogens is 2. The quantitative estimate of drug-likeness (QED) is 0.721. The fourth-order valence-corrected chi connectivity index (χ4v) is 3.43. The van der Waals surface area contributed by atoms with Crippen LogP contribution in [0.3, 0.4) is 0 Å². The third kappa shape index (κ3) is 3.36. The maximum Gasteiger partial charge on any atom is 0.351 e. The summed E-state index contributed by atoms with van der Waals surface area (Å²) in [4.78, 5) is 16.6. The van der Waals surface area contributed by atoms with Gasteiger partial charge in [0.15, 0.2) is 5.82 Å². The van der Waals surface area contributed by atoms with Gasteiger partial charge in [0.2, 0.25) is 0 Å². The minimum absolute atomic E-state index is 0.263. The monoisotopic (exact) mass is 358 g/mol. The van der Waals surface area contributed by atoms with Crippen LogP contribution in [0.2, 0.25) is 0 Å². The Bertz CT molecular complexity index is 826. The smallest absolute Gasteiger partial charge is 0.351 e. The van der Waals surface area contributed by atoms with E-state index in [1.807, 2.05) is 23.2 Å². The van der Waals surface area contributed by atoms with Gasteiger partial charge in [-0.2, -0.15) is 4.98 Å². The lowest BCUT2D eigenvalue weighted by Crippen LogP contribution is -2.39. The molecule has 4 rings (SSSR count). The van der Waals surface area contributed by atoms with Crippen LogP contribution in [0.15, 0.2) is 41.3 Å². The average molecular weight is 358 g/mol. The van der Waals surface area contributed by atoms with Crippen molar-refractivity contribution in [3.63, 3.8) is 0 Å². The highest BCUT2D eigenvalue weighted by atomic mass is 16.5. The van der Waals surface area contributed by atoms with E-state index in [0.717, 1.165) is 25.1 Å². The van der Waals surface area contributed by atoms with Crippen molar-refractivity contribution in [3.05, 3.63) is 58.1 Å². The average Bonchev–Trinajstić information content (AvgIpc) is 3.02. The van der Waals surface area contributed by atoms with Crippen LogP contribution >= 0.6 is 0 Å². The Balaban J connectivity index is 1.51. The SMILES string of the molecule is O=c1nc2c(cn1[C@H]1C[C@H](O)[C@@H](CO)O1)CCN(Cc1ccccc1)N2. The summed E-state index contributed by atoms with van der Waals surface area (Å²) < 4.78 is 6.98. The number of fused-ring (bicyclic) bond motifs is 1. The van der Waals surface area contributed by atoms with Crippen LogP contribution in [-0.4, -0.2) is 50.1 Å². The van der Waals surface area contributed by atoms with E-state index in [1.165, 1.54) is 10.1 Å². The first-order valence-electron chi connectivity index (χ1n) is 8.76. The molecule has 0 amide bonds. The van der Waals surface area contributed by atoms with Gasteiger partial charge < -0.3 is 20.4 Å². The van der Waals surface area contributed by atoms with Gasteiger partial charge in [-0.05, 0) is 12.0 Å². The molecule has 1 aromatic heterocycles. The van der Waals surface area contributed by atoms with Crippen LogP contribution in [-0.2, 0) is 17.7 Å². The highest BCUT2D eigenvalue weighted by Gasteiger charge is 2.35. The minimum atomic E-state index is -0.785. The largest absolute Gasteiger partial charge is 0.394 e. The van der Waals surface area contributed by atoms with E-state index in [9.17, 15) is 15.0 Å². The molecule has 0 radical (unpaired) electrons. The van der Waals surface area contributed by atoms with Gasteiger partial charge in [0.05, 0.1) is 12.7 Å². The fourth-order valence-electron chi connectivity index (χ4n) is 3.43. The van der Waals surface area contributed by atoms with Crippen molar-refractivity contribution in [2.75, 3.05) is 18.6 Å². The van der Waals surface area contributed by atoms with Gasteiger partial charge in [0, 0.05) is 31.3 Å². The summed E-state index contributed by atoms with van der Waals surface area (Å²) in [6.45, 7) is 1.23. The summed E-state index contributed by atoms with van der Waals surface area (Å²) in [6, 6.07) is 10.1. The van der Waals surface area contributed by atoms with Crippen LogP contribution in [0.25, 0.3) is 0 Å². The maximum absolute atomic E-state index is 12.4. The van der Waals surface area contributed by atoms with Crippen molar-refractivity contribution in [2.24, 2.45) is 0 Å². The highest BCUT2D eigenvalue weighted by Crippen LogP contribution is 2.28. The number of benzene rings is 1. The van der Waals surface area contributed by atoms with Crippen LogP contribution in [0, 0.1) is 0 Å². The van der Waals surface area contributed by atoms with Crippen molar-refractivity contribution in [3.8, 4) is 0 Å². The van der Waals surface area contributed by atoms with Gasteiger partial charge in [-0.3, -0.25) is 4.57 Å². The molecular weight excluding hydrogens is 336 g/mol. The number of rotatable bonds is 4. The van der Waals surface area contributed by atoms with Gasteiger partial charge >= 0.3 is 5.69 Å². The lowest BCUT2D eigenvalue weighted by Gasteiger charge is -2.30. The normalized spacial score (nSPS) is 25.7. The van der Waals surface area contributed by atoms with Gasteiger partial charge in [-0.1, -0.05) is 30.3 Å². The second-order valence-corrected chi connectivity index (χ2v) is 6.69. The summed E-state index contributed by atoms with van der Waals surface area (Å²) >= 11 is 0. The van der Waals surface area contributed by atoms with Gasteiger partial charge in [-0.15, -0.1) is 0 Å². The Labute approximate surface area is 150 Å². The molecule has 1 saturated heterocycles. The zero-order chi connectivity index (χ0) is 18.1. The second kappa shape index (κ2) is 7.16. The van der Waals surface area contributed by atoms with E-state index in [1.54, 1.807) is 6.20 Å². The molecule has 0 aliphatic carbocycles. The zero-order valence-corrected chi connectivity index (χ0v) is 14.3. The fraction of sp³-hybridized carbons (Fsp3) is 0.444. The highest BCUT2D eigenvalue weighted by molar-refractivity contribution is 5.43. The van der Waals surface area contributed by atoms with Gasteiger partial charge in [0.25, 0.3) is 0 Å². The summed E-state index contributed by atoms with van der Waals surface area (Å²) in [5.74, 6) is 0.561. The first-order valence-corrected chi connectivity index (χ1v) is 8.76. The van der Waals surface area contributed by atoms with E-state index in [4.69, 9.17) is 4.74 Å². The maximum atomic E-state index is 12.4. The summed E-state index contributed by atoms with van der Waals surface area (Å²) in [5.41, 5.74) is 4.89. The van der Waals surface area contributed by atoms with Crippen LogP contribution < -0.4 is 11.1 Å². The standard InChI is InChI=1S/C18H22N4O4/c23-11-15-14(24)8-16(26-15)22-10-13-6-7-21(20-17(13)19-18(22)25)9-12-4-2-1-3-5-12/h1-5,10,14-16,23-24H,6-9,11H2,(H,19,20,25)/t14-,15+,16+/m0/s1. The van der Waals surface area contributed by atoms with Crippen LogP contribution in [0.1, 0.15) is 23.8 Å². The third-order valence-electron chi connectivity index (χ3n) is 4.85. The Morgan fingerprint density at radius 2 is 2.12 bits per heavy atom. The molecule has 0 unspecified atom stereocenters. The molecule has 8 heteroatoms. The number of nitrogens with zero attached hydrogens (tertiary/aromatic N) is 3. The lowest BCUT2D eigenvalue weighted by atomic mass is 10.1. The molecule has 2 aliphatic heterocycles. The molecule has 0 saturated carbocycles. The van der Waals surface area contributed by atoms with E-state index >= 15 is 0 Å². The molecular formula is C18H22N4O4. The number of hydrogen-bond acceptors (Lipinski definition) is 7. The van der Waals surface area contributed by atoms with Crippen molar-refractivity contribution >= 4 is 5.82 Å². The molecule has 1 aromatic carbocycles. The number of hydrogen-bond donors (Lipinski definition) is 3. The number of ether oxygens (including phenoxy) is 1. The molecule has 0 bridgehead atoms. The molecule has 0 spiro atoms. The predicted octanol–water partition coefficient (Wildman–Crippen LogP) is 0.269. The van der Waals surface area contributed by atoms with Crippen molar-refractivity contribution in [1.82, 2.24) is 14.6 Å². The Hall–Kier alpha value is -2.26. The molecule has 3 atom stereocenters. The van der Waals surface area contributed by atoms with E-state index in [2.05, 4.69) is 22.5 Å². The molecule has 8 nitrogen and oxygen atoms in total. The Morgan fingerprint density at radius 1 is 1.31 bits per heavy atom. The van der Waals surface area contributed by atoms with Crippen molar-refractivity contribution < 1.29 is 14.9 Å². The minimum Gasteiger partial charge on any atom is -0.394 e. The molecule has 26 heavy (non-hydrogen) atoms. The molecule has 3 N–H and O–H groups in total. The van der Waals surface area contributed by atoms with Crippen LogP contribution in [0.5, 0.6) is 0 Å².